The Hall–Kier alpha value is -1.40. The molecule has 1 aromatic rings. The molecule has 1 saturated heterocycles. The second-order valence-electron chi connectivity index (χ2n) is 6.64. The molecule has 0 aromatic carbocycles. The topological polar surface area (TPSA) is 82.2 Å². The molecule has 0 bridgehead atoms. The monoisotopic (exact) mass is 306 g/mol. The SMILES string of the molecule is Cn1nc(C2CCCCC2)cc1NC(=O)C1(N)CCOCC1. The van der Waals surface area contributed by atoms with E-state index in [1.807, 2.05) is 13.1 Å². The fourth-order valence-electron chi connectivity index (χ4n) is 3.41. The Kier molecular flexibility index (Phi) is 4.49. The van der Waals surface area contributed by atoms with Gasteiger partial charge in [-0.1, -0.05) is 19.3 Å². The summed E-state index contributed by atoms with van der Waals surface area (Å²) < 4.78 is 7.05. The lowest BCUT2D eigenvalue weighted by Crippen LogP contribution is -2.54. The zero-order valence-electron chi connectivity index (χ0n) is 13.3. The van der Waals surface area contributed by atoms with Crippen molar-refractivity contribution in [3.05, 3.63) is 11.8 Å². The minimum atomic E-state index is -0.826. The van der Waals surface area contributed by atoms with Crippen molar-refractivity contribution in [3.8, 4) is 0 Å². The highest BCUT2D eigenvalue weighted by atomic mass is 16.5. The standard InChI is InChI=1S/C16H26N4O2/c1-20-14(11-13(19-20)12-5-3-2-4-6-12)18-15(21)16(17)7-9-22-10-8-16/h11-12H,2-10,17H2,1H3,(H,18,21). The Morgan fingerprint density at radius 1 is 1.36 bits per heavy atom. The van der Waals surface area contributed by atoms with Gasteiger partial charge in [-0.05, 0) is 25.7 Å². The molecule has 2 aliphatic rings. The van der Waals surface area contributed by atoms with E-state index in [4.69, 9.17) is 10.5 Å². The molecule has 6 heteroatoms. The average Bonchev–Trinajstić information content (AvgIpc) is 2.90. The molecule has 0 atom stereocenters. The molecular formula is C16H26N4O2. The van der Waals surface area contributed by atoms with Crippen LogP contribution in [0.15, 0.2) is 6.07 Å². The molecule has 1 aliphatic carbocycles. The van der Waals surface area contributed by atoms with Gasteiger partial charge in [-0.2, -0.15) is 5.10 Å². The first-order chi connectivity index (χ1) is 10.6. The number of aromatic nitrogens is 2. The molecule has 0 radical (unpaired) electrons. The van der Waals surface area contributed by atoms with Crippen LogP contribution in [0.4, 0.5) is 5.82 Å². The molecule has 1 aromatic heterocycles. The molecule has 0 spiro atoms. The van der Waals surface area contributed by atoms with Gasteiger partial charge in [0.05, 0.1) is 5.69 Å². The summed E-state index contributed by atoms with van der Waals surface area (Å²) in [6.07, 6.45) is 7.39. The molecular weight excluding hydrogens is 280 g/mol. The molecule has 6 nitrogen and oxygen atoms in total. The lowest BCUT2D eigenvalue weighted by molar-refractivity contribution is -0.124. The number of nitrogens with two attached hydrogens (primary N) is 1. The van der Waals surface area contributed by atoms with Gasteiger partial charge in [-0.3, -0.25) is 9.48 Å². The van der Waals surface area contributed by atoms with Crippen molar-refractivity contribution in [2.24, 2.45) is 12.8 Å². The van der Waals surface area contributed by atoms with E-state index in [2.05, 4.69) is 10.4 Å². The minimum Gasteiger partial charge on any atom is -0.381 e. The maximum absolute atomic E-state index is 12.5. The van der Waals surface area contributed by atoms with Crippen LogP contribution in [0, 0.1) is 0 Å². The molecule has 122 valence electrons. The third-order valence-corrected chi connectivity index (χ3v) is 5.00. The minimum absolute atomic E-state index is 0.131. The third kappa shape index (κ3) is 3.17. The number of aryl methyl sites for hydroxylation is 1. The van der Waals surface area contributed by atoms with Crippen molar-refractivity contribution in [2.75, 3.05) is 18.5 Å². The molecule has 2 heterocycles. The first kappa shape index (κ1) is 15.5. The van der Waals surface area contributed by atoms with Gasteiger partial charge >= 0.3 is 0 Å². The summed E-state index contributed by atoms with van der Waals surface area (Å²) >= 11 is 0. The number of carbonyl (C=O) groups is 1. The van der Waals surface area contributed by atoms with Crippen molar-refractivity contribution in [2.45, 2.75) is 56.4 Å². The van der Waals surface area contributed by atoms with E-state index < -0.39 is 5.54 Å². The Bertz CT molecular complexity index is 528. The number of nitrogens with one attached hydrogen (secondary N) is 1. The molecule has 3 rings (SSSR count). The van der Waals surface area contributed by atoms with Gasteiger partial charge < -0.3 is 15.8 Å². The van der Waals surface area contributed by atoms with Gasteiger partial charge in [-0.25, -0.2) is 0 Å². The predicted molar refractivity (Wildman–Crippen MR) is 84.6 cm³/mol. The maximum atomic E-state index is 12.5. The van der Waals surface area contributed by atoms with Crippen LogP contribution < -0.4 is 11.1 Å². The number of rotatable bonds is 3. The summed E-state index contributed by atoms with van der Waals surface area (Å²) in [7, 11) is 1.87. The summed E-state index contributed by atoms with van der Waals surface area (Å²) in [5, 5.41) is 7.55. The first-order valence-electron chi connectivity index (χ1n) is 8.30. The zero-order valence-corrected chi connectivity index (χ0v) is 13.3. The maximum Gasteiger partial charge on any atom is 0.245 e. The van der Waals surface area contributed by atoms with Gasteiger partial charge in [0.25, 0.3) is 0 Å². The summed E-state index contributed by atoms with van der Waals surface area (Å²) in [5.74, 6) is 1.14. The van der Waals surface area contributed by atoms with E-state index in [0.717, 1.165) is 11.5 Å². The van der Waals surface area contributed by atoms with E-state index in [0.29, 0.717) is 32.0 Å². The molecule has 2 fully saturated rings. The molecule has 0 unspecified atom stereocenters. The van der Waals surface area contributed by atoms with Gasteiger partial charge in [0.2, 0.25) is 5.91 Å². The van der Waals surface area contributed by atoms with Gasteiger partial charge in [0.15, 0.2) is 0 Å². The normalized spacial score (nSPS) is 22.5. The van der Waals surface area contributed by atoms with E-state index in [9.17, 15) is 4.79 Å². The zero-order chi connectivity index (χ0) is 15.6. The van der Waals surface area contributed by atoms with E-state index >= 15 is 0 Å². The highest BCUT2D eigenvalue weighted by Gasteiger charge is 2.36. The van der Waals surface area contributed by atoms with Gasteiger partial charge in [0, 0.05) is 32.2 Å². The fourth-order valence-corrected chi connectivity index (χ4v) is 3.41. The second-order valence-corrected chi connectivity index (χ2v) is 6.64. The Labute approximate surface area is 131 Å². The van der Waals surface area contributed by atoms with Crippen LogP contribution in [0.25, 0.3) is 0 Å². The fraction of sp³-hybridized carbons (Fsp3) is 0.750. The average molecular weight is 306 g/mol. The third-order valence-electron chi connectivity index (χ3n) is 5.00. The van der Waals surface area contributed by atoms with Gasteiger partial charge in [0.1, 0.15) is 11.4 Å². The van der Waals surface area contributed by atoms with Crippen LogP contribution in [0.3, 0.4) is 0 Å². The highest BCUT2D eigenvalue weighted by molar-refractivity contribution is 5.97. The van der Waals surface area contributed by atoms with Gasteiger partial charge in [-0.15, -0.1) is 0 Å². The van der Waals surface area contributed by atoms with Crippen LogP contribution >= 0.6 is 0 Å². The summed E-state index contributed by atoms with van der Waals surface area (Å²) in [6, 6.07) is 2.01. The van der Waals surface area contributed by atoms with E-state index in [-0.39, 0.29) is 5.91 Å². The Balaban J connectivity index is 1.69. The molecule has 22 heavy (non-hydrogen) atoms. The number of hydrogen-bond acceptors (Lipinski definition) is 4. The summed E-state index contributed by atoms with van der Waals surface area (Å²) in [5.41, 5.74) is 6.50. The van der Waals surface area contributed by atoms with Crippen LogP contribution in [-0.4, -0.2) is 34.4 Å². The first-order valence-corrected chi connectivity index (χ1v) is 8.30. The number of nitrogens with zero attached hydrogens (tertiary/aromatic N) is 2. The molecule has 1 aliphatic heterocycles. The highest BCUT2D eigenvalue weighted by Crippen LogP contribution is 2.33. The van der Waals surface area contributed by atoms with E-state index in [1.54, 1.807) is 4.68 Å². The lowest BCUT2D eigenvalue weighted by Gasteiger charge is -2.31. The van der Waals surface area contributed by atoms with Crippen LogP contribution in [-0.2, 0) is 16.6 Å². The van der Waals surface area contributed by atoms with Crippen LogP contribution in [0.1, 0.15) is 56.6 Å². The number of amides is 1. The van der Waals surface area contributed by atoms with Crippen LogP contribution in [0.5, 0.6) is 0 Å². The molecule has 3 N–H and O–H groups in total. The summed E-state index contributed by atoms with van der Waals surface area (Å²) in [6.45, 7) is 1.09. The smallest absolute Gasteiger partial charge is 0.245 e. The van der Waals surface area contributed by atoms with Crippen molar-refractivity contribution >= 4 is 11.7 Å². The number of hydrogen-bond donors (Lipinski definition) is 2. The van der Waals surface area contributed by atoms with E-state index in [1.165, 1.54) is 32.1 Å². The van der Waals surface area contributed by atoms with Crippen molar-refractivity contribution < 1.29 is 9.53 Å². The van der Waals surface area contributed by atoms with Crippen LogP contribution in [0.2, 0.25) is 0 Å². The second kappa shape index (κ2) is 6.38. The van der Waals surface area contributed by atoms with Crippen molar-refractivity contribution in [3.63, 3.8) is 0 Å². The molecule has 1 saturated carbocycles. The van der Waals surface area contributed by atoms with Crippen molar-refractivity contribution in [1.29, 1.82) is 0 Å². The number of anilines is 1. The van der Waals surface area contributed by atoms with Crippen molar-refractivity contribution in [1.82, 2.24) is 9.78 Å². The Morgan fingerprint density at radius 3 is 2.73 bits per heavy atom. The quantitative estimate of drug-likeness (QED) is 0.893. The largest absolute Gasteiger partial charge is 0.381 e. The summed E-state index contributed by atoms with van der Waals surface area (Å²) in [4.78, 5) is 12.5. The number of carbonyl (C=O) groups excluding carboxylic acids is 1. The predicted octanol–water partition coefficient (Wildman–Crippen LogP) is 1.91. The lowest BCUT2D eigenvalue weighted by atomic mass is 9.87. The Morgan fingerprint density at radius 2 is 2.05 bits per heavy atom. The number of ether oxygens (including phenoxy) is 1. The molecule has 1 amide bonds.